The molecule has 0 spiro atoms. The van der Waals surface area contributed by atoms with Crippen molar-refractivity contribution < 1.29 is 17.9 Å². The number of aromatic nitrogens is 1. The lowest BCUT2D eigenvalue weighted by Gasteiger charge is -2.20. The molecular formula is C22H27N3O4S2. The van der Waals surface area contributed by atoms with Crippen LogP contribution < -0.4 is 10.1 Å². The molecular weight excluding hydrogens is 434 g/mol. The number of fused-ring (bicyclic) bond motifs is 1. The summed E-state index contributed by atoms with van der Waals surface area (Å²) in [5.41, 5.74) is 1.14. The number of carbonyl (C=O) groups is 1. The Kier molecular flexibility index (Phi) is 7.64. The molecule has 0 saturated carbocycles. The third-order valence-electron chi connectivity index (χ3n) is 4.76. The number of ether oxygens (including phenoxy) is 1. The van der Waals surface area contributed by atoms with Crippen molar-refractivity contribution in [1.82, 2.24) is 9.29 Å². The number of nitrogens with zero attached hydrogens (tertiary/aromatic N) is 2. The number of thiazole rings is 1. The molecule has 9 heteroatoms. The summed E-state index contributed by atoms with van der Waals surface area (Å²) in [6, 6.07) is 11.6. The van der Waals surface area contributed by atoms with Crippen molar-refractivity contribution in [3.63, 3.8) is 0 Å². The zero-order valence-corrected chi connectivity index (χ0v) is 19.6. The van der Waals surface area contributed by atoms with Crippen LogP contribution in [0.1, 0.15) is 44.0 Å². The molecule has 0 aliphatic rings. The highest BCUT2D eigenvalue weighted by atomic mass is 32.2. The van der Waals surface area contributed by atoms with Crippen molar-refractivity contribution in [2.45, 2.75) is 38.5 Å². The Morgan fingerprint density at radius 2 is 1.87 bits per heavy atom. The molecule has 1 amide bonds. The number of nitrogens with one attached hydrogen (secondary N) is 1. The van der Waals surface area contributed by atoms with Gasteiger partial charge in [-0.3, -0.25) is 10.1 Å². The van der Waals surface area contributed by atoms with E-state index < -0.39 is 10.0 Å². The number of amides is 1. The highest BCUT2D eigenvalue weighted by Gasteiger charge is 2.22. The van der Waals surface area contributed by atoms with E-state index in [1.807, 2.05) is 39.0 Å². The third-order valence-corrected chi connectivity index (χ3v) is 7.68. The van der Waals surface area contributed by atoms with Crippen molar-refractivity contribution in [2.75, 3.05) is 25.0 Å². The van der Waals surface area contributed by atoms with E-state index >= 15 is 0 Å². The second-order valence-corrected chi connectivity index (χ2v) is 9.88. The molecule has 0 bridgehead atoms. The number of hydrogen-bond acceptors (Lipinski definition) is 6. The van der Waals surface area contributed by atoms with Gasteiger partial charge < -0.3 is 4.74 Å². The van der Waals surface area contributed by atoms with Gasteiger partial charge in [0.1, 0.15) is 5.75 Å². The van der Waals surface area contributed by atoms with Crippen LogP contribution in [0.15, 0.2) is 47.4 Å². The third kappa shape index (κ3) is 5.41. The molecule has 1 N–H and O–H groups in total. The number of benzene rings is 2. The first-order chi connectivity index (χ1) is 14.9. The predicted molar refractivity (Wildman–Crippen MR) is 125 cm³/mol. The van der Waals surface area contributed by atoms with Crippen LogP contribution in [0.3, 0.4) is 0 Å². The van der Waals surface area contributed by atoms with Gasteiger partial charge in [-0.1, -0.05) is 31.6 Å². The fourth-order valence-corrected chi connectivity index (χ4v) is 5.47. The first-order valence-electron chi connectivity index (χ1n) is 10.3. The normalized spacial score (nSPS) is 11.7. The van der Waals surface area contributed by atoms with Crippen molar-refractivity contribution in [1.29, 1.82) is 0 Å². The molecule has 0 saturated heterocycles. The number of anilines is 1. The van der Waals surface area contributed by atoms with Gasteiger partial charge in [-0.15, -0.1) is 0 Å². The molecule has 7 nitrogen and oxygen atoms in total. The van der Waals surface area contributed by atoms with Gasteiger partial charge in [0.05, 0.1) is 21.7 Å². The van der Waals surface area contributed by atoms with Gasteiger partial charge in [0, 0.05) is 18.7 Å². The first kappa shape index (κ1) is 23.2. The lowest BCUT2D eigenvalue weighted by molar-refractivity contribution is 0.102. The van der Waals surface area contributed by atoms with Gasteiger partial charge in [0.25, 0.3) is 5.91 Å². The molecule has 0 fully saturated rings. The van der Waals surface area contributed by atoms with Crippen LogP contribution in [0.2, 0.25) is 0 Å². The number of rotatable bonds is 10. The monoisotopic (exact) mass is 461 g/mol. The van der Waals surface area contributed by atoms with Gasteiger partial charge >= 0.3 is 0 Å². The maximum atomic E-state index is 12.8. The Hall–Kier alpha value is -2.49. The molecule has 1 heterocycles. The van der Waals surface area contributed by atoms with E-state index in [0.717, 1.165) is 28.8 Å². The topological polar surface area (TPSA) is 88.6 Å². The van der Waals surface area contributed by atoms with Crippen LogP contribution in [0.25, 0.3) is 10.2 Å². The number of hydrogen-bond donors (Lipinski definition) is 1. The van der Waals surface area contributed by atoms with Crippen LogP contribution in [0.4, 0.5) is 5.13 Å². The largest absolute Gasteiger partial charge is 0.494 e. The quantitative estimate of drug-likeness (QED) is 0.470. The van der Waals surface area contributed by atoms with Crippen LogP contribution >= 0.6 is 11.3 Å². The Labute approximate surface area is 187 Å². The Balaban J connectivity index is 1.73. The van der Waals surface area contributed by atoms with E-state index in [0.29, 0.717) is 30.4 Å². The summed E-state index contributed by atoms with van der Waals surface area (Å²) in [6.45, 7) is 7.24. The summed E-state index contributed by atoms with van der Waals surface area (Å²) in [5, 5.41) is 3.26. The molecule has 1 aromatic heterocycles. The van der Waals surface area contributed by atoms with Crippen LogP contribution in [0.5, 0.6) is 5.75 Å². The molecule has 0 aliphatic heterocycles. The summed E-state index contributed by atoms with van der Waals surface area (Å²) < 4.78 is 33.5. The van der Waals surface area contributed by atoms with Crippen molar-refractivity contribution in [2.24, 2.45) is 0 Å². The minimum atomic E-state index is -3.57. The molecule has 31 heavy (non-hydrogen) atoms. The first-order valence-corrected chi connectivity index (χ1v) is 12.6. The highest BCUT2D eigenvalue weighted by Crippen LogP contribution is 2.29. The summed E-state index contributed by atoms with van der Waals surface area (Å²) in [6.07, 6.45) is 1.73. The molecule has 3 aromatic rings. The van der Waals surface area contributed by atoms with Crippen molar-refractivity contribution in [3.8, 4) is 5.75 Å². The van der Waals surface area contributed by atoms with Crippen LogP contribution in [0, 0.1) is 0 Å². The number of sulfonamides is 1. The predicted octanol–water partition coefficient (Wildman–Crippen LogP) is 4.76. The maximum Gasteiger partial charge on any atom is 0.257 e. The smallest absolute Gasteiger partial charge is 0.257 e. The van der Waals surface area contributed by atoms with Crippen molar-refractivity contribution in [3.05, 3.63) is 48.0 Å². The van der Waals surface area contributed by atoms with Crippen LogP contribution in [-0.2, 0) is 10.0 Å². The van der Waals surface area contributed by atoms with E-state index in [4.69, 9.17) is 4.74 Å². The number of unbranched alkanes of at least 4 members (excludes halogenated alkanes) is 1. The fraction of sp³-hybridized carbons (Fsp3) is 0.364. The second-order valence-electron chi connectivity index (χ2n) is 6.91. The Morgan fingerprint density at radius 3 is 2.52 bits per heavy atom. The zero-order valence-electron chi connectivity index (χ0n) is 17.9. The maximum absolute atomic E-state index is 12.8. The van der Waals surface area contributed by atoms with E-state index in [1.54, 1.807) is 0 Å². The molecule has 0 radical (unpaired) electrons. The van der Waals surface area contributed by atoms with Gasteiger partial charge in [-0.25, -0.2) is 13.4 Å². The molecule has 2 aromatic carbocycles. The van der Waals surface area contributed by atoms with E-state index in [9.17, 15) is 13.2 Å². The molecule has 0 unspecified atom stereocenters. The SMILES string of the molecule is CCCCN(CC)S(=O)(=O)c1ccc(C(=O)Nc2nc3ccc(OCC)cc3s2)cc1. The summed E-state index contributed by atoms with van der Waals surface area (Å²) in [4.78, 5) is 17.2. The minimum absolute atomic E-state index is 0.186. The fourth-order valence-electron chi connectivity index (χ4n) is 3.09. The van der Waals surface area contributed by atoms with Crippen molar-refractivity contribution >= 4 is 42.6 Å². The molecule has 3 rings (SSSR count). The Morgan fingerprint density at radius 1 is 1.13 bits per heavy atom. The summed E-state index contributed by atoms with van der Waals surface area (Å²) in [5.74, 6) is 0.416. The molecule has 166 valence electrons. The van der Waals surface area contributed by atoms with Crippen LogP contribution in [-0.4, -0.2) is 43.3 Å². The number of carbonyl (C=O) groups excluding carboxylic acids is 1. The van der Waals surface area contributed by atoms with E-state index in [-0.39, 0.29) is 10.8 Å². The lowest BCUT2D eigenvalue weighted by Crippen LogP contribution is -2.31. The summed E-state index contributed by atoms with van der Waals surface area (Å²) in [7, 11) is -3.57. The second kappa shape index (κ2) is 10.2. The average molecular weight is 462 g/mol. The van der Waals surface area contributed by atoms with Gasteiger partial charge in [-0.05, 0) is 55.8 Å². The summed E-state index contributed by atoms with van der Waals surface area (Å²) >= 11 is 1.36. The van der Waals surface area contributed by atoms with E-state index in [1.165, 1.54) is 39.9 Å². The molecule has 0 aliphatic carbocycles. The van der Waals surface area contributed by atoms with Gasteiger partial charge in [-0.2, -0.15) is 4.31 Å². The highest BCUT2D eigenvalue weighted by molar-refractivity contribution is 7.89. The molecule has 0 atom stereocenters. The zero-order chi connectivity index (χ0) is 22.4. The van der Waals surface area contributed by atoms with E-state index in [2.05, 4.69) is 10.3 Å². The average Bonchev–Trinajstić information content (AvgIpc) is 3.16. The standard InChI is InChI=1S/C22H27N3O4S2/c1-4-7-14-25(5-2)31(27,28)18-11-8-16(9-12-18)21(26)24-22-23-19-13-10-17(29-6-3)15-20(19)30-22/h8-13,15H,4-7,14H2,1-3H3,(H,23,24,26). The van der Waals surface area contributed by atoms with Gasteiger partial charge in [0.15, 0.2) is 5.13 Å². The van der Waals surface area contributed by atoms with Gasteiger partial charge in [0.2, 0.25) is 10.0 Å². The lowest BCUT2D eigenvalue weighted by atomic mass is 10.2. The minimum Gasteiger partial charge on any atom is -0.494 e. The Bertz CT molecular complexity index is 1140.